The molecular formula is C14H18FNO3. The van der Waals surface area contributed by atoms with E-state index in [1.165, 1.54) is 12.1 Å². The van der Waals surface area contributed by atoms with Crippen molar-refractivity contribution in [3.63, 3.8) is 0 Å². The first-order valence-electron chi connectivity index (χ1n) is 6.42. The third kappa shape index (κ3) is 3.44. The van der Waals surface area contributed by atoms with Crippen molar-refractivity contribution < 1.29 is 19.0 Å². The minimum Gasteiger partial charge on any atom is -0.478 e. The second kappa shape index (κ2) is 6.02. The molecule has 0 amide bonds. The van der Waals surface area contributed by atoms with Crippen LogP contribution in [0.2, 0.25) is 0 Å². The van der Waals surface area contributed by atoms with Gasteiger partial charge in [-0.1, -0.05) is 0 Å². The van der Waals surface area contributed by atoms with Gasteiger partial charge in [-0.15, -0.1) is 0 Å². The van der Waals surface area contributed by atoms with Crippen molar-refractivity contribution in [2.75, 3.05) is 12.4 Å². The van der Waals surface area contributed by atoms with E-state index in [0.29, 0.717) is 17.8 Å². The first-order valence-corrected chi connectivity index (χ1v) is 6.42. The molecule has 2 rings (SSSR count). The van der Waals surface area contributed by atoms with Crippen molar-refractivity contribution in [2.45, 2.75) is 37.8 Å². The van der Waals surface area contributed by atoms with Gasteiger partial charge in [0.2, 0.25) is 0 Å². The Balaban J connectivity index is 2.00. The Morgan fingerprint density at radius 3 is 2.63 bits per heavy atom. The fourth-order valence-electron chi connectivity index (χ4n) is 2.46. The Morgan fingerprint density at radius 1 is 1.37 bits per heavy atom. The molecular weight excluding hydrogens is 249 g/mol. The summed E-state index contributed by atoms with van der Waals surface area (Å²) in [6, 6.07) is 4.40. The van der Waals surface area contributed by atoms with Crippen LogP contribution in [0.1, 0.15) is 36.0 Å². The molecule has 0 saturated heterocycles. The molecule has 1 aromatic rings. The number of rotatable bonds is 4. The normalized spacial score (nSPS) is 23.1. The van der Waals surface area contributed by atoms with Gasteiger partial charge in [0.15, 0.2) is 0 Å². The second-order valence-electron chi connectivity index (χ2n) is 4.85. The van der Waals surface area contributed by atoms with E-state index in [9.17, 15) is 9.18 Å². The predicted octanol–water partition coefficient (Wildman–Crippen LogP) is 2.89. The number of carboxylic acids is 1. The molecule has 0 aromatic heterocycles. The quantitative estimate of drug-likeness (QED) is 0.880. The van der Waals surface area contributed by atoms with Crippen LogP contribution in [0.4, 0.5) is 10.1 Å². The monoisotopic (exact) mass is 267 g/mol. The summed E-state index contributed by atoms with van der Waals surface area (Å²) in [5.74, 6) is -1.95. The van der Waals surface area contributed by atoms with Gasteiger partial charge in [0.05, 0.1) is 11.7 Å². The summed E-state index contributed by atoms with van der Waals surface area (Å²) in [4.78, 5) is 10.9. The van der Waals surface area contributed by atoms with Crippen molar-refractivity contribution in [3.8, 4) is 0 Å². The van der Waals surface area contributed by atoms with Crippen LogP contribution in [0.3, 0.4) is 0 Å². The van der Waals surface area contributed by atoms with E-state index < -0.39 is 11.8 Å². The summed E-state index contributed by atoms with van der Waals surface area (Å²) in [6.45, 7) is 0. The van der Waals surface area contributed by atoms with Gasteiger partial charge in [-0.05, 0) is 43.9 Å². The smallest absolute Gasteiger partial charge is 0.338 e. The number of benzene rings is 1. The first kappa shape index (κ1) is 13.8. The minimum atomic E-state index is -1.25. The number of hydrogen-bond donors (Lipinski definition) is 2. The van der Waals surface area contributed by atoms with Gasteiger partial charge in [-0.25, -0.2) is 9.18 Å². The zero-order chi connectivity index (χ0) is 13.8. The lowest BCUT2D eigenvalue weighted by Gasteiger charge is -2.29. The summed E-state index contributed by atoms with van der Waals surface area (Å²) >= 11 is 0. The molecule has 5 heteroatoms. The first-order chi connectivity index (χ1) is 9.10. The third-order valence-electron chi connectivity index (χ3n) is 3.58. The van der Waals surface area contributed by atoms with E-state index >= 15 is 0 Å². The molecule has 0 bridgehead atoms. The zero-order valence-corrected chi connectivity index (χ0v) is 10.9. The maximum Gasteiger partial charge on any atom is 0.338 e. The lowest BCUT2D eigenvalue weighted by atomic mass is 9.93. The van der Waals surface area contributed by atoms with E-state index in [2.05, 4.69) is 5.32 Å². The standard InChI is InChI=1S/C14H18FNO3/c1-19-11-5-2-9(3-6-11)16-10-4-7-13(15)12(8-10)14(17)18/h4,7-9,11,16H,2-3,5-6H2,1H3,(H,17,18). The molecule has 1 saturated carbocycles. The van der Waals surface area contributed by atoms with Crippen LogP contribution >= 0.6 is 0 Å². The molecule has 1 fully saturated rings. The summed E-state index contributed by atoms with van der Waals surface area (Å²) in [7, 11) is 1.72. The third-order valence-corrected chi connectivity index (χ3v) is 3.58. The molecule has 1 aliphatic carbocycles. The zero-order valence-electron chi connectivity index (χ0n) is 10.9. The molecule has 1 aliphatic rings. The highest BCUT2D eigenvalue weighted by Gasteiger charge is 2.21. The molecule has 0 aliphatic heterocycles. The summed E-state index contributed by atoms with van der Waals surface area (Å²) < 4.78 is 18.6. The Bertz CT molecular complexity index is 456. The molecule has 4 nitrogen and oxygen atoms in total. The number of aromatic carboxylic acids is 1. The van der Waals surface area contributed by atoms with Crippen LogP contribution in [0.15, 0.2) is 18.2 Å². The molecule has 0 spiro atoms. The molecule has 0 atom stereocenters. The number of anilines is 1. The molecule has 0 radical (unpaired) electrons. The van der Waals surface area contributed by atoms with Crippen LogP contribution < -0.4 is 5.32 Å². The number of halogens is 1. The van der Waals surface area contributed by atoms with Gasteiger partial charge >= 0.3 is 5.97 Å². The van der Waals surface area contributed by atoms with Crippen molar-refractivity contribution in [3.05, 3.63) is 29.6 Å². The maximum absolute atomic E-state index is 13.3. The van der Waals surface area contributed by atoms with Crippen LogP contribution in [0.5, 0.6) is 0 Å². The fourth-order valence-corrected chi connectivity index (χ4v) is 2.46. The largest absolute Gasteiger partial charge is 0.478 e. The molecule has 19 heavy (non-hydrogen) atoms. The Morgan fingerprint density at radius 2 is 2.05 bits per heavy atom. The van der Waals surface area contributed by atoms with E-state index in [-0.39, 0.29) is 5.56 Å². The van der Waals surface area contributed by atoms with Gasteiger partial charge in [-0.2, -0.15) is 0 Å². The summed E-state index contributed by atoms with van der Waals surface area (Å²) in [5.41, 5.74) is 0.357. The lowest BCUT2D eigenvalue weighted by Crippen LogP contribution is -2.29. The highest BCUT2D eigenvalue weighted by molar-refractivity contribution is 5.89. The van der Waals surface area contributed by atoms with Gasteiger partial charge in [0.1, 0.15) is 5.82 Å². The SMILES string of the molecule is COC1CCC(Nc2ccc(F)c(C(=O)O)c2)CC1. The van der Waals surface area contributed by atoms with Crippen LogP contribution in [0.25, 0.3) is 0 Å². The minimum absolute atomic E-state index is 0.290. The topological polar surface area (TPSA) is 58.6 Å². The van der Waals surface area contributed by atoms with E-state index in [1.54, 1.807) is 13.2 Å². The number of carbonyl (C=O) groups is 1. The number of methoxy groups -OCH3 is 1. The van der Waals surface area contributed by atoms with Gasteiger partial charge in [0, 0.05) is 18.8 Å². The summed E-state index contributed by atoms with van der Waals surface area (Å²) in [5, 5.41) is 12.1. The molecule has 0 unspecified atom stereocenters. The lowest BCUT2D eigenvalue weighted by molar-refractivity contribution is 0.0682. The average molecular weight is 267 g/mol. The maximum atomic E-state index is 13.3. The van der Waals surface area contributed by atoms with E-state index in [1.807, 2.05) is 0 Å². The van der Waals surface area contributed by atoms with Crippen LogP contribution in [-0.4, -0.2) is 30.3 Å². The molecule has 2 N–H and O–H groups in total. The second-order valence-corrected chi connectivity index (χ2v) is 4.85. The Kier molecular flexibility index (Phi) is 4.37. The number of carboxylic acid groups (broad SMARTS) is 1. The fraction of sp³-hybridized carbons (Fsp3) is 0.500. The Labute approximate surface area is 111 Å². The number of ether oxygens (including phenoxy) is 1. The molecule has 104 valence electrons. The van der Waals surface area contributed by atoms with Crippen molar-refractivity contribution in [1.82, 2.24) is 0 Å². The highest BCUT2D eigenvalue weighted by atomic mass is 19.1. The Hall–Kier alpha value is -1.62. The average Bonchev–Trinajstić information content (AvgIpc) is 2.41. The highest BCUT2D eigenvalue weighted by Crippen LogP contribution is 2.24. The molecule has 1 aromatic carbocycles. The van der Waals surface area contributed by atoms with Gasteiger partial charge in [0.25, 0.3) is 0 Å². The van der Waals surface area contributed by atoms with Crippen LogP contribution in [0, 0.1) is 5.82 Å². The van der Waals surface area contributed by atoms with Gasteiger partial charge < -0.3 is 15.2 Å². The predicted molar refractivity (Wildman–Crippen MR) is 70.0 cm³/mol. The number of nitrogens with one attached hydrogen (secondary N) is 1. The van der Waals surface area contributed by atoms with Crippen LogP contribution in [-0.2, 0) is 4.74 Å². The van der Waals surface area contributed by atoms with Gasteiger partial charge in [-0.3, -0.25) is 0 Å². The summed E-state index contributed by atoms with van der Waals surface area (Å²) in [6.07, 6.45) is 4.24. The number of hydrogen-bond acceptors (Lipinski definition) is 3. The van der Waals surface area contributed by atoms with Crippen molar-refractivity contribution in [1.29, 1.82) is 0 Å². The van der Waals surface area contributed by atoms with E-state index in [4.69, 9.17) is 9.84 Å². The van der Waals surface area contributed by atoms with Crippen molar-refractivity contribution >= 4 is 11.7 Å². The molecule has 0 heterocycles. The van der Waals surface area contributed by atoms with Crippen molar-refractivity contribution in [2.24, 2.45) is 0 Å². The van der Waals surface area contributed by atoms with E-state index in [0.717, 1.165) is 25.7 Å².